The second-order valence-electron chi connectivity index (χ2n) is 6.32. The molecule has 0 aliphatic carbocycles. The fourth-order valence-corrected chi connectivity index (χ4v) is 2.63. The van der Waals surface area contributed by atoms with E-state index in [1.807, 2.05) is 12.1 Å². The van der Waals surface area contributed by atoms with Gasteiger partial charge in [0.15, 0.2) is 0 Å². The summed E-state index contributed by atoms with van der Waals surface area (Å²) in [6.45, 7) is 5.98. The molecule has 2 N–H and O–H groups in total. The van der Waals surface area contributed by atoms with Gasteiger partial charge in [0.05, 0.1) is 0 Å². The number of hydrogen-bond donors (Lipinski definition) is 2. The van der Waals surface area contributed by atoms with Crippen LogP contribution in [0.5, 0.6) is 0 Å². The number of amides is 3. The highest BCUT2D eigenvalue weighted by Gasteiger charge is 2.19. The molecule has 1 heterocycles. The van der Waals surface area contributed by atoms with Crippen LogP contribution in [0.15, 0.2) is 24.3 Å². The Bertz CT molecular complexity index is 596. The van der Waals surface area contributed by atoms with E-state index in [-0.39, 0.29) is 5.91 Å². The third kappa shape index (κ3) is 5.08. The lowest BCUT2D eigenvalue weighted by Crippen LogP contribution is -2.37. The van der Waals surface area contributed by atoms with Crippen LogP contribution in [0.3, 0.4) is 0 Å². The molecule has 3 amide bonds. The van der Waals surface area contributed by atoms with Gasteiger partial charge in [0.25, 0.3) is 0 Å². The molecule has 0 spiro atoms. The minimum Gasteiger partial charge on any atom is -0.348 e. The molecule has 0 saturated carbocycles. The van der Waals surface area contributed by atoms with Gasteiger partial charge < -0.3 is 15.5 Å². The van der Waals surface area contributed by atoms with Crippen LogP contribution in [-0.2, 0) is 14.4 Å². The van der Waals surface area contributed by atoms with E-state index in [0.29, 0.717) is 37.5 Å². The first kappa shape index (κ1) is 18.0. The van der Waals surface area contributed by atoms with Crippen molar-refractivity contribution in [3.05, 3.63) is 29.8 Å². The number of benzene rings is 1. The summed E-state index contributed by atoms with van der Waals surface area (Å²) in [6.07, 6.45) is 2.17. The molecule has 130 valence electrons. The molecule has 1 aromatic carbocycles. The van der Waals surface area contributed by atoms with E-state index in [0.717, 1.165) is 13.0 Å². The highest BCUT2D eigenvalue weighted by molar-refractivity contribution is 6.39. The molecule has 2 rings (SSSR count). The van der Waals surface area contributed by atoms with E-state index < -0.39 is 11.8 Å². The molecule has 24 heavy (non-hydrogen) atoms. The Labute approximate surface area is 142 Å². The molecule has 1 saturated heterocycles. The number of anilines is 1. The lowest BCUT2D eigenvalue weighted by molar-refractivity contribution is -0.136. The summed E-state index contributed by atoms with van der Waals surface area (Å²) in [6, 6.07) is 7.45. The van der Waals surface area contributed by atoms with E-state index in [4.69, 9.17) is 0 Å². The van der Waals surface area contributed by atoms with E-state index >= 15 is 0 Å². The maximum absolute atomic E-state index is 11.8. The van der Waals surface area contributed by atoms with Gasteiger partial charge >= 0.3 is 11.8 Å². The number of carbonyl (C=O) groups excluding carboxylic acids is 3. The van der Waals surface area contributed by atoms with Gasteiger partial charge in [0, 0.05) is 31.7 Å². The summed E-state index contributed by atoms with van der Waals surface area (Å²) < 4.78 is 0. The summed E-state index contributed by atoms with van der Waals surface area (Å²) in [5.41, 5.74) is 1.77. The highest BCUT2D eigenvalue weighted by Crippen LogP contribution is 2.17. The SMILES string of the molecule is CC(C)c1ccc(NC(=O)C(=O)NCCCN2CCCC2=O)cc1. The van der Waals surface area contributed by atoms with Crippen LogP contribution in [0, 0.1) is 0 Å². The quantitative estimate of drug-likeness (QED) is 0.617. The first-order valence-corrected chi connectivity index (χ1v) is 8.44. The molecule has 0 atom stereocenters. The normalized spacial score (nSPS) is 14.1. The molecule has 1 aliphatic heterocycles. The van der Waals surface area contributed by atoms with E-state index in [2.05, 4.69) is 24.5 Å². The first-order chi connectivity index (χ1) is 11.5. The third-order valence-corrected chi connectivity index (χ3v) is 4.10. The average Bonchev–Trinajstić information content (AvgIpc) is 2.97. The van der Waals surface area contributed by atoms with Crippen LogP contribution in [-0.4, -0.2) is 42.3 Å². The van der Waals surface area contributed by atoms with E-state index in [9.17, 15) is 14.4 Å². The summed E-state index contributed by atoms with van der Waals surface area (Å²) in [4.78, 5) is 36.9. The standard InChI is InChI=1S/C18H25N3O3/c1-13(2)14-6-8-15(9-7-14)20-18(24)17(23)19-10-4-12-21-11-3-5-16(21)22/h6-9,13H,3-5,10-12H2,1-2H3,(H,19,23)(H,20,24). The Morgan fingerprint density at radius 2 is 1.88 bits per heavy atom. The molecular weight excluding hydrogens is 306 g/mol. The van der Waals surface area contributed by atoms with Crippen molar-refractivity contribution in [3.8, 4) is 0 Å². The highest BCUT2D eigenvalue weighted by atomic mass is 16.2. The fourth-order valence-electron chi connectivity index (χ4n) is 2.63. The van der Waals surface area contributed by atoms with Gasteiger partial charge in [-0.2, -0.15) is 0 Å². The second kappa shape index (κ2) is 8.47. The summed E-state index contributed by atoms with van der Waals surface area (Å²) in [7, 11) is 0. The van der Waals surface area contributed by atoms with Gasteiger partial charge in [-0.15, -0.1) is 0 Å². The Hall–Kier alpha value is -2.37. The number of likely N-dealkylation sites (tertiary alicyclic amines) is 1. The van der Waals surface area contributed by atoms with E-state index in [1.165, 1.54) is 5.56 Å². The van der Waals surface area contributed by atoms with Crippen molar-refractivity contribution in [1.29, 1.82) is 0 Å². The van der Waals surface area contributed by atoms with Crippen LogP contribution in [0.4, 0.5) is 5.69 Å². The van der Waals surface area contributed by atoms with Crippen molar-refractivity contribution < 1.29 is 14.4 Å². The van der Waals surface area contributed by atoms with E-state index in [1.54, 1.807) is 17.0 Å². The monoisotopic (exact) mass is 331 g/mol. The minimum absolute atomic E-state index is 0.170. The summed E-state index contributed by atoms with van der Waals surface area (Å²) >= 11 is 0. The number of carbonyl (C=O) groups is 3. The number of nitrogens with one attached hydrogen (secondary N) is 2. The van der Waals surface area contributed by atoms with Crippen molar-refractivity contribution in [2.45, 2.75) is 39.0 Å². The Balaban J connectivity index is 1.69. The largest absolute Gasteiger partial charge is 0.348 e. The van der Waals surface area contributed by atoms with Gasteiger partial charge in [-0.05, 0) is 36.5 Å². The second-order valence-corrected chi connectivity index (χ2v) is 6.32. The van der Waals surface area contributed by atoms with Gasteiger partial charge in [-0.1, -0.05) is 26.0 Å². The maximum Gasteiger partial charge on any atom is 0.313 e. The smallest absolute Gasteiger partial charge is 0.313 e. The molecular formula is C18H25N3O3. The van der Waals surface area contributed by atoms with Crippen molar-refractivity contribution in [1.82, 2.24) is 10.2 Å². The van der Waals surface area contributed by atoms with Crippen molar-refractivity contribution in [3.63, 3.8) is 0 Å². The minimum atomic E-state index is -0.676. The molecule has 0 radical (unpaired) electrons. The molecule has 6 heteroatoms. The Morgan fingerprint density at radius 3 is 2.46 bits per heavy atom. The van der Waals surface area contributed by atoms with Crippen LogP contribution >= 0.6 is 0 Å². The number of nitrogens with zero attached hydrogens (tertiary/aromatic N) is 1. The molecule has 1 fully saturated rings. The predicted molar refractivity (Wildman–Crippen MR) is 92.6 cm³/mol. The predicted octanol–water partition coefficient (Wildman–Crippen LogP) is 1.88. The van der Waals surface area contributed by atoms with Crippen LogP contribution < -0.4 is 10.6 Å². The molecule has 6 nitrogen and oxygen atoms in total. The number of hydrogen-bond acceptors (Lipinski definition) is 3. The zero-order chi connectivity index (χ0) is 17.5. The topological polar surface area (TPSA) is 78.5 Å². The fraction of sp³-hybridized carbons (Fsp3) is 0.500. The number of rotatable bonds is 6. The molecule has 1 aliphatic rings. The van der Waals surface area contributed by atoms with Crippen LogP contribution in [0.1, 0.15) is 44.6 Å². The first-order valence-electron chi connectivity index (χ1n) is 8.44. The van der Waals surface area contributed by atoms with Crippen LogP contribution in [0.25, 0.3) is 0 Å². The van der Waals surface area contributed by atoms with Crippen molar-refractivity contribution in [2.24, 2.45) is 0 Å². The summed E-state index contributed by atoms with van der Waals surface area (Å²) in [5.74, 6) is -0.746. The van der Waals surface area contributed by atoms with Crippen molar-refractivity contribution >= 4 is 23.4 Å². The van der Waals surface area contributed by atoms with Gasteiger partial charge in [0.2, 0.25) is 5.91 Å². The Kier molecular flexibility index (Phi) is 6.35. The van der Waals surface area contributed by atoms with Crippen LogP contribution in [0.2, 0.25) is 0 Å². The zero-order valence-electron chi connectivity index (χ0n) is 14.3. The maximum atomic E-state index is 11.8. The third-order valence-electron chi connectivity index (χ3n) is 4.10. The summed E-state index contributed by atoms with van der Waals surface area (Å²) in [5, 5.41) is 5.16. The zero-order valence-corrected chi connectivity index (χ0v) is 14.3. The average molecular weight is 331 g/mol. The molecule has 1 aromatic rings. The lowest BCUT2D eigenvalue weighted by Gasteiger charge is -2.15. The van der Waals surface area contributed by atoms with Gasteiger partial charge in [-0.3, -0.25) is 14.4 Å². The lowest BCUT2D eigenvalue weighted by atomic mass is 10.0. The van der Waals surface area contributed by atoms with Gasteiger partial charge in [-0.25, -0.2) is 0 Å². The molecule has 0 unspecified atom stereocenters. The van der Waals surface area contributed by atoms with Crippen molar-refractivity contribution in [2.75, 3.05) is 25.0 Å². The molecule has 0 aromatic heterocycles. The Morgan fingerprint density at radius 1 is 1.17 bits per heavy atom. The van der Waals surface area contributed by atoms with Gasteiger partial charge in [0.1, 0.15) is 0 Å². The molecule has 0 bridgehead atoms.